The van der Waals surface area contributed by atoms with Crippen LogP contribution in [0, 0.1) is 0 Å². The molecule has 5 rings (SSSR count). The third-order valence-electron chi connectivity index (χ3n) is 6.45. The number of hydrogen-bond acceptors (Lipinski definition) is 2. The highest BCUT2D eigenvalue weighted by atomic mass is 19.4. The van der Waals surface area contributed by atoms with Crippen LogP contribution in [0.3, 0.4) is 0 Å². The molecule has 1 amide bonds. The van der Waals surface area contributed by atoms with Crippen molar-refractivity contribution in [2.24, 2.45) is 0 Å². The lowest BCUT2D eigenvalue weighted by Gasteiger charge is -2.15. The van der Waals surface area contributed by atoms with Crippen molar-refractivity contribution in [3.63, 3.8) is 0 Å². The van der Waals surface area contributed by atoms with Gasteiger partial charge >= 0.3 is 12.4 Å². The standard InChI is InChI=1S/C31H21F6N3O/c32-30(33,34)25-14-24(15-26(16-25)31(35,36)37)23-10-12-27(13-11-23)40-19-38-18-28(40)29(41)39-17-20-6-8-22(9-7-20)21-4-2-1-3-5-21/h1-16,18-19H,17H2,(H,39,41). The molecule has 0 unspecified atom stereocenters. The first-order valence-electron chi connectivity index (χ1n) is 12.3. The van der Waals surface area contributed by atoms with Crippen LogP contribution in [0.15, 0.2) is 110 Å². The summed E-state index contributed by atoms with van der Waals surface area (Å²) in [6.45, 7) is 0.259. The quantitative estimate of drug-likeness (QED) is 0.211. The van der Waals surface area contributed by atoms with E-state index in [1.54, 1.807) is 0 Å². The number of rotatable bonds is 6. The fraction of sp³-hybridized carbons (Fsp3) is 0.0968. The number of halogens is 6. The van der Waals surface area contributed by atoms with Gasteiger partial charge in [-0.2, -0.15) is 26.3 Å². The molecule has 0 spiro atoms. The molecule has 41 heavy (non-hydrogen) atoms. The van der Waals surface area contributed by atoms with Gasteiger partial charge in [0.2, 0.25) is 0 Å². The summed E-state index contributed by atoms with van der Waals surface area (Å²) < 4.78 is 81.1. The first-order chi connectivity index (χ1) is 19.5. The minimum Gasteiger partial charge on any atom is -0.347 e. The van der Waals surface area contributed by atoms with Crippen LogP contribution < -0.4 is 5.32 Å². The minimum atomic E-state index is -4.95. The average molecular weight is 566 g/mol. The number of imidazole rings is 1. The van der Waals surface area contributed by atoms with Crippen molar-refractivity contribution in [3.8, 4) is 27.9 Å². The van der Waals surface area contributed by atoms with Crippen molar-refractivity contribution in [1.29, 1.82) is 0 Å². The number of nitrogens with zero attached hydrogens (tertiary/aromatic N) is 2. The number of aromatic nitrogens is 2. The third kappa shape index (κ3) is 6.32. The summed E-state index contributed by atoms with van der Waals surface area (Å²) >= 11 is 0. The maximum absolute atomic E-state index is 13.3. The van der Waals surface area contributed by atoms with E-state index < -0.39 is 29.4 Å². The largest absolute Gasteiger partial charge is 0.416 e. The van der Waals surface area contributed by atoms with Crippen molar-refractivity contribution in [1.82, 2.24) is 14.9 Å². The summed E-state index contributed by atoms with van der Waals surface area (Å²) in [5.41, 5.74) is 0.783. The van der Waals surface area contributed by atoms with Gasteiger partial charge in [-0.15, -0.1) is 0 Å². The van der Waals surface area contributed by atoms with E-state index in [0.717, 1.165) is 16.7 Å². The van der Waals surface area contributed by atoms with Crippen LogP contribution >= 0.6 is 0 Å². The van der Waals surface area contributed by atoms with Gasteiger partial charge in [-0.1, -0.05) is 66.7 Å². The van der Waals surface area contributed by atoms with Crippen molar-refractivity contribution in [2.45, 2.75) is 18.9 Å². The average Bonchev–Trinajstić information content (AvgIpc) is 3.46. The van der Waals surface area contributed by atoms with Crippen LogP contribution in [0.2, 0.25) is 0 Å². The normalized spacial score (nSPS) is 11.9. The van der Waals surface area contributed by atoms with E-state index in [1.807, 2.05) is 54.6 Å². The molecule has 0 radical (unpaired) electrons. The van der Waals surface area contributed by atoms with E-state index in [2.05, 4.69) is 10.3 Å². The lowest BCUT2D eigenvalue weighted by atomic mass is 9.99. The van der Waals surface area contributed by atoms with Gasteiger partial charge in [0.1, 0.15) is 5.69 Å². The fourth-order valence-corrected chi connectivity index (χ4v) is 4.32. The predicted octanol–water partition coefficient (Wildman–Crippen LogP) is 8.17. The van der Waals surface area contributed by atoms with Gasteiger partial charge in [-0.3, -0.25) is 9.36 Å². The van der Waals surface area contributed by atoms with Crippen molar-refractivity contribution >= 4 is 5.91 Å². The molecule has 1 aromatic heterocycles. The van der Waals surface area contributed by atoms with Crippen molar-refractivity contribution < 1.29 is 31.1 Å². The van der Waals surface area contributed by atoms with Crippen LogP contribution in [0.25, 0.3) is 27.9 Å². The van der Waals surface area contributed by atoms with Crippen LogP contribution in [-0.4, -0.2) is 15.5 Å². The first-order valence-corrected chi connectivity index (χ1v) is 12.3. The van der Waals surface area contributed by atoms with Gasteiger partial charge < -0.3 is 5.32 Å². The van der Waals surface area contributed by atoms with Gasteiger partial charge in [0.25, 0.3) is 5.91 Å². The van der Waals surface area contributed by atoms with E-state index in [1.165, 1.54) is 41.4 Å². The SMILES string of the molecule is O=C(NCc1ccc(-c2ccccc2)cc1)c1cncn1-c1ccc(-c2cc(C(F)(F)F)cc(C(F)(F)F)c2)cc1. The Labute approximate surface area is 230 Å². The molecule has 4 nitrogen and oxygen atoms in total. The van der Waals surface area contributed by atoms with Crippen LogP contribution in [0.5, 0.6) is 0 Å². The summed E-state index contributed by atoms with van der Waals surface area (Å²) in [6.07, 6.45) is -7.13. The molecule has 0 saturated carbocycles. The predicted molar refractivity (Wildman–Crippen MR) is 142 cm³/mol. The van der Waals surface area contributed by atoms with Crippen molar-refractivity contribution in [2.75, 3.05) is 0 Å². The van der Waals surface area contributed by atoms with Gasteiger partial charge in [0.15, 0.2) is 0 Å². The van der Waals surface area contributed by atoms with Crippen LogP contribution in [-0.2, 0) is 18.9 Å². The summed E-state index contributed by atoms with van der Waals surface area (Å²) in [6, 6.07) is 24.8. The number of carbonyl (C=O) groups excluding carboxylic acids is 1. The molecule has 0 aliphatic rings. The zero-order valence-electron chi connectivity index (χ0n) is 21.2. The summed E-state index contributed by atoms with van der Waals surface area (Å²) in [7, 11) is 0. The number of benzene rings is 4. The molecule has 208 valence electrons. The highest BCUT2D eigenvalue weighted by molar-refractivity contribution is 5.93. The molecule has 5 aromatic rings. The Morgan fingerprint density at radius 1 is 0.683 bits per heavy atom. The topological polar surface area (TPSA) is 46.9 Å². The highest BCUT2D eigenvalue weighted by Crippen LogP contribution is 2.38. The Morgan fingerprint density at radius 3 is 1.80 bits per heavy atom. The molecule has 1 N–H and O–H groups in total. The number of alkyl halides is 6. The first kappa shape index (κ1) is 27.7. The maximum atomic E-state index is 13.3. The number of hydrogen-bond donors (Lipinski definition) is 1. The van der Waals surface area contributed by atoms with E-state index in [9.17, 15) is 31.1 Å². The monoisotopic (exact) mass is 565 g/mol. The van der Waals surface area contributed by atoms with E-state index >= 15 is 0 Å². The third-order valence-corrected chi connectivity index (χ3v) is 6.45. The molecule has 4 aromatic carbocycles. The molecular formula is C31H21F6N3O. The van der Waals surface area contributed by atoms with E-state index in [-0.39, 0.29) is 29.4 Å². The van der Waals surface area contributed by atoms with Crippen LogP contribution in [0.1, 0.15) is 27.2 Å². The molecule has 0 bridgehead atoms. The summed E-state index contributed by atoms with van der Waals surface area (Å²) in [4.78, 5) is 17.0. The van der Waals surface area contributed by atoms with E-state index in [4.69, 9.17) is 0 Å². The molecule has 0 atom stereocenters. The van der Waals surface area contributed by atoms with Gasteiger partial charge in [0, 0.05) is 12.2 Å². The fourth-order valence-electron chi connectivity index (χ4n) is 4.32. The number of amides is 1. The van der Waals surface area contributed by atoms with Gasteiger partial charge in [-0.25, -0.2) is 4.98 Å². The zero-order chi connectivity index (χ0) is 29.2. The molecule has 0 fully saturated rings. The number of nitrogens with one attached hydrogen (secondary N) is 1. The Kier molecular flexibility index (Phi) is 7.40. The second-order valence-corrected chi connectivity index (χ2v) is 9.24. The maximum Gasteiger partial charge on any atom is 0.416 e. The zero-order valence-corrected chi connectivity index (χ0v) is 21.2. The minimum absolute atomic E-state index is 0.0892. The Morgan fingerprint density at radius 2 is 1.22 bits per heavy atom. The molecule has 0 aliphatic carbocycles. The summed E-state index contributed by atoms with van der Waals surface area (Å²) in [5.74, 6) is -0.411. The molecule has 1 heterocycles. The lowest BCUT2D eigenvalue weighted by molar-refractivity contribution is -0.143. The summed E-state index contributed by atoms with van der Waals surface area (Å²) in [5, 5.41) is 2.84. The molecule has 0 saturated heterocycles. The van der Waals surface area contributed by atoms with E-state index in [0.29, 0.717) is 17.8 Å². The Balaban J connectivity index is 1.32. The number of carbonyl (C=O) groups is 1. The van der Waals surface area contributed by atoms with Crippen LogP contribution in [0.4, 0.5) is 26.3 Å². The molecular weight excluding hydrogens is 544 g/mol. The van der Waals surface area contributed by atoms with Gasteiger partial charge in [0.05, 0.1) is 23.7 Å². The molecule has 0 aliphatic heterocycles. The van der Waals surface area contributed by atoms with Crippen molar-refractivity contribution in [3.05, 3.63) is 132 Å². The highest BCUT2D eigenvalue weighted by Gasteiger charge is 2.37. The Bertz CT molecular complexity index is 1620. The second kappa shape index (κ2) is 11.0. The van der Waals surface area contributed by atoms with Gasteiger partial charge in [-0.05, 0) is 58.1 Å². The Hall–Kier alpha value is -4.86. The second-order valence-electron chi connectivity index (χ2n) is 9.24. The smallest absolute Gasteiger partial charge is 0.347 e. The molecule has 10 heteroatoms. The lowest BCUT2D eigenvalue weighted by Crippen LogP contribution is -2.25.